The number of pyridine rings is 1. The molecule has 2 N–H and O–H groups in total. The Morgan fingerprint density at radius 2 is 2.17 bits per heavy atom. The largest absolute Gasteiger partial charge is 0.383 e. The Bertz CT molecular complexity index is 351. The Hall–Kier alpha value is -0.880. The van der Waals surface area contributed by atoms with Gasteiger partial charge >= 0.3 is 0 Å². The van der Waals surface area contributed by atoms with Gasteiger partial charge in [-0.1, -0.05) is 0 Å². The van der Waals surface area contributed by atoms with E-state index in [2.05, 4.69) is 15.6 Å². The van der Waals surface area contributed by atoms with Crippen LogP contribution in [-0.2, 0) is 9.53 Å². The van der Waals surface area contributed by atoms with Crippen LogP contribution in [0.5, 0.6) is 0 Å². The molecule has 0 spiro atoms. The Morgan fingerprint density at radius 3 is 2.78 bits per heavy atom. The van der Waals surface area contributed by atoms with Crippen molar-refractivity contribution >= 4 is 36.4 Å². The number of methoxy groups -OCH3 is 1. The molecule has 104 valence electrons. The van der Waals surface area contributed by atoms with Crippen LogP contribution in [0.2, 0.25) is 0 Å². The number of rotatable bonds is 6. The number of aromatic nitrogens is 1. The summed E-state index contributed by atoms with van der Waals surface area (Å²) in [6.07, 6.45) is 3.37. The van der Waals surface area contributed by atoms with E-state index in [0.717, 1.165) is 11.3 Å². The molecule has 1 heterocycles. The van der Waals surface area contributed by atoms with Gasteiger partial charge in [0.15, 0.2) is 0 Å². The van der Waals surface area contributed by atoms with Gasteiger partial charge in [-0.3, -0.25) is 9.78 Å². The molecule has 18 heavy (non-hydrogen) atoms. The lowest BCUT2D eigenvalue weighted by Gasteiger charge is -2.08. The fraction of sp³-hybridized carbons (Fsp3) is 0.455. The van der Waals surface area contributed by atoms with Gasteiger partial charge < -0.3 is 15.4 Å². The average Bonchev–Trinajstić information content (AvgIpc) is 2.28. The highest BCUT2D eigenvalue weighted by Crippen LogP contribution is 2.10. The van der Waals surface area contributed by atoms with E-state index in [1.807, 2.05) is 6.92 Å². The molecule has 1 aromatic heterocycles. The Labute approximate surface area is 120 Å². The van der Waals surface area contributed by atoms with E-state index in [0.29, 0.717) is 13.2 Å². The highest BCUT2D eigenvalue weighted by molar-refractivity contribution is 5.92. The van der Waals surface area contributed by atoms with E-state index < -0.39 is 0 Å². The molecule has 0 aliphatic carbocycles. The highest BCUT2D eigenvalue weighted by atomic mass is 35.5. The number of aryl methyl sites for hydroxylation is 1. The second-order valence-electron chi connectivity index (χ2n) is 3.41. The number of ether oxygens (including phenoxy) is 1. The summed E-state index contributed by atoms with van der Waals surface area (Å²) in [7, 11) is 1.63. The smallest absolute Gasteiger partial charge is 0.238 e. The predicted molar refractivity (Wildman–Crippen MR) is 76.8 cm³/mol. The van der Waals surface area contributed by atoms with Crippen molar-refractivity contribution in [2.75, 3.05) is 32.1 Å². The van der Waals surface area contributed by atoms with Crippen LogP contribution >= 0.6 is 24.8 Å². The van der Waals surface area contributed by atoms with Gasteiger partial charge in [-0.15, -0.1) is 24.8 Å². The van der Waals surface area contributed by atoms with Gasteiger partial charge in [-0.05, 0) is 18.6 Å². The standard InChI is InChI=1S/C11H17N3O2.2ClH/c1-9-7-12-4-3-10(9)14-11(15)8-13-5-6-16-2;;/h3-4,7,13H,5-6,8H2,1-2H3,(H,12,14,15);2*1H. The third-order valence-corrected chi connectivity index (χ3v) is 2.06. The second-order valence-corrected chi connectivity index (χ2v) is 3.41. The number of amides is 1. The van der Waals surface area contributed by atoms with Crippen molar-refractivity contribution in [1.29, 1.82) is 0 Å². The third-order valence-electron chi connectivity index (χ3n) is 2.06. The molecule has 0 unspecified atom stereocenters. The fourth-order valence-electron chi connectivity index (χ4n) is 1.18. The number of halogens is 2. The van der Waals surface area contributed by atoms with Crippen molar-refractivity contribution in [3.05, 3.63) is 24.0 Å². The van der Waals surface area contributed by atoms with E-state index >= 15 is 0 Å². The van der Waals surface area contributed by atoms with Crippen molar-refractivity contribution in [3.8, 4) is 0 Å². The third kappa shape index (κ3) is 7.45. The van der Waals surface area contributed by atoms with Gasteiger partial charge in [0, 0.05) is 31.7 Å². The molecule has 1 aromatic rings. The molecule has 5 nitrogen and oxygen atoms in total. The van der Waals surface area contributed by atoms with Crippen LogP contribution in [0.25, 0.3) is 0 Å². The molecule has 7 heteroatoms. The molecule has 0 aromatic carbocycles. The van der Waals surface area contributed by atoms with Crippen molar-refractivity contribution in [2.24, 2.45) is 0 Å². The van der Waals surface area contributed by atoms with Gasteiger partial charge in [0.25, 0.3) is 0 Å². The van der Waals surface area contributed by atoms with Gasteiger partial charge in [0.2, 0.25) is 5.91 Å². The van der Waals surface area contributed by atoms with Crippen LogP contribution in [0.4, 0.5) is 5.69 Å². The normalized spacial score (nSPS) is 9.00. The van der Waals surface area contributed by atoms with Crippen molar-refractivity contribution < 1.29 is 9.53 Å². The van der Waals surface area contributed by atoms with Crippen LogP contribution in [0, 0.1) is 6.92 Å². The molecule has 0 aliphatic rings. The summed E-state index contributed by atoms with van der Waals surface area (Å²) < 4.78 is 4.86. The fourth-order valence-corrected chi connectivity index (χ4v) is 1.18. The minimum Gasteiger partial charge on any atom is -0.383 e. The molecule has 1 rings (SSSR count). The Morgan fingerprint density at radius 1 is 1.44 bits per heavy atom. The van der Waals surface area contributed by atoms with E-state index in [-0.39, 0.29) is 37.3 Å². The number of nitrogens with zero attached hydrogens (tertiary/aromatic N) is 1. The second kappa shape index (κ2) is 11.2. The summed E-state index contributed by atoms with van der Waals surface area (Å²) in [5.41, 5.74) is 1.75. The summed E-state index contributed by atoms with van der Waals surface area (Å²) in [6.45, 7) is 3.45. The summed E-state index contributed by atoms with van der Waals surface area (Å²) in [6, 6.07) is 1.78. The van der Waals surface area contributed by atoms with Gasteiger partial charge in [-0.25, -0.2) is 0 Å². The topological polar surface area (TPSA) is 63.2 Å². The van der Waals surface area contributed by atoms with Crippen molar-refractivity contribution in [2.45, 2.75) is 6.92 Å². The molecule has 1 amide bonds. The number of anilines is 1. The SMILES string of the molecule is COCCNCC(=O)Nc1ccncc1C.Cl.Cl. The molecule has 0 fully saturated rings. The zero-order valence-corrected chi connectivity index (χ0v) is 12.1. The van der Waals surface area contributed by atoms with Gasteiger partial charge in [0.1, 0.15) is 0 Å². The zero-order valence-electron chi connectivity index (χ0n) is 10.4. The quantitative estimate of drug-likeness (QED) is 0.779. The lowest BCUT2D eigenvalue weighted by atomic mass is 10.2. The van der Waals surface area contributed by atoms with Crippen molar-refractivity contribution in [1.82, 2.24) is 10.3 Å². The number of hydrogen-bond donors (Lipinski definition) is 2. The maximum absolute atomic E-state index is 11.5. The summed E-state index contributed by atoms with van der Waals surface area (Å²) in [5.74, 6) is -0.0644. The molecular weight excluding hydrogens is 277 g/mol. The van der Waals surface area contributed by atoms with Gasteiger partial charge in [0.05, 0.1) is 13.2 Å². The minimum atomic E-state index is -0.0644. The summed E-state index contributed by atoms with van der Waals surface area (Å²) in [4.78, 5) is 15.4. The Balaban J connectivity index is 0. The predicted octanol–water partition coefficient (Wildman–Crippen LogP) is 1.41. The van der Waals surface area contributed by atoms with Crippen molar-refractivity contribution in [3.63, 3.8) is 0 Å². The monoisotopic (exact) mass is 295 g/mol. The maximum Gasteiger partial charge on any atom is 0.238 e. The minimum absolute atomic E-state index is 0. The number of hydrogen-bond acceptors (Lipinski definition) is 4. The van der Waals surface area contributed by atoms with E-state index in [4.69, 9.17) is 4.74 Å². The first-order valence-corrected chi connectivity index (χ1v) is 5.14. The highest BCUT2D eigenvalue weighted by Gasteiger charge is 2.03. The summed E-state index contributed by atoms with van der Waals surface area (Å²) >= 11 is 0. The molecule has 0 aliphatic heterocycles. The Kier molecular flexibility index (Phi) is 12.1. The molecule has 0 saturated heterocycles. The average molecular weight is 296 g/mol. The first-order chi connectivity index (χ1) is 7.74. The van der Waals surface area contributed by atoms with Crippen LogP contribution in [0.15, 0.2) is 18.5 Å². The molecule has 0 saturated carbocycles. The summed E-state index contributed by atoms with van der Waals surface area (Å²) in [5, 5.41) is 5.78. The number of carbonyl (C=O) groups excluding carboxylic acids is 1. The van der Waals surface area contributed by atoms with Crippen LogP contribution in [0.3, 0.4) is 0 Å². The van der Waals surface area contributed by atoms with Crippen LogP contribution in [0.1, 0.15) is 5.56 Å². The molecule has 0 radical (unpaired) electrons. The van der Waals surface area contributed by atoms with Crippen LogP contribution < -0.4 is 10.6 Å². The van der Waals surface area contributed by atoms with E-state index in [1.165, 1.54) is 0 Å². The van der Waals surface area contributed by atoms with E-state index in [1.54, 1.807) is 25.6 Å². The lowest BCUT2D eigenvalue weighted by molar-refractivity contribution is -0.115. The first-order valence-electron chi connectivity index (χ1n) is 5.14. The first kappa shape index (κ1) is 19.5. The van der Waals surface area contributed by atoms with E-state index in [9.17, 15) is 4.79 Å². The number of carbonyl (C=O) groups is 1. The maximum atomic E-state index is 11.5. The van der Waals surface area contributed by atoms with Gasteiger partial charge in [-0.2, -0.15) is 0 Å². The molecule has 0 bridgehead atoms. The molecule has 0 atom stereocenters. The van der Waals surface area contributed by atoms with Crippen LogP contribution in [-0.4, -0.2) is 37.7 Å². The molecular formula is C11H19Cl2N3O2. The lowest BCUT2D eigenvalue weighted by Crippen LogP contribution is -2.30. The number of nitrogens with one attached hydrogen (secondary N) is 2. The zero-order chi connectivity index (χ0) is 11.8.